The normalized spacial score (nSPS) is 12.2. The quantitative estimate of drug-likeness (QED) is 0.260. The van der Waals surface area contributed by atoms with Gasteiger partial charge in [-0.15, -0.1) is 11.3 Å². The van der Waals surface area contributed by atoms with Crippen molar-refractivity contribution in [2.45, 2.75) is 43.9 Å². The Kier molecular flexibility index (Phi) is 6.39. The summed E-state index contributed by atoms with van der Waals surface area (Å²) in [5.41, 5.74) is 6.97. The summed E-state index contributed by atoms with van der Waals surface area (Å²) in [5, 5.41) is 13.1. The van der Waals surface area contributed by atoms with Crippen LogP contribution in [-0.4, -0.2) is 26.3 Å². The standard InChI is InChI=1S/C25H24N2O2S2/c1-15-4-7-18(8-5-15)9-11-21(25(28)29)31-24-22-20(13-30-23(22)26-14-27-24)19-10-6-16(2)12-17(19)3/h4-8,10,12-14,21H,9,11H2,1-3H3,(H,28,29). The molecule has 2 aromatic carbocycles. The second kappa shape index (κ2) is 9.20. The van der Waals surface area contributed by atoms with Gasteiger partial charge in [0.15, 0.2) is 0 Å². The summed E-state index contributed by atoms with van der Waals surface area (Å²) < 4.78 is 0. The van der Waals surface area contributed by atoms with Crippen molar-refractivity contribution in [3.05, 3.63) is 76.4 Å². The molecule has 0 bridgehead atoms. The van der Waals surface area contributed by atoms with Crippen molar-refractivity contribution in [2.75, 3.05) is 0 Å². The fourth-order valence-electron chi connectivity index (χ4n) is 3.67. The Morgan fingerprint density at radius 2 is 1.77 bits per heavy atom. The lowest BCUT2D eigenvalue weighted by Crippen LogP contribution is -2.17. The second-order valence-electron chi connectivity index (χ2n) is 7.80. The Morgan fingerprint density at radius 1 is 1.03 bits per heavy atom. The predicted molar refractivity (Wildman–Crippen MR) is 129 cm³/mol. The molecule has 0 amide bonds. The zero-order chi connectivity index (χ0) is 22.0. The number of thioether (sulfide) groups is 1. The first-order chi connectivity index (χ1) is 14.9. The Hall–Kier alpha value is -2.70. The molecule has 0 radical (unpaired) electrons. The maximum atomic E-state index is 12.0. The van der Waals surface area contributed by atoms with Crippen LogP contribution in [0.4, 0.5) is 0 Å². The van der Waals surface area contributed by atoms with Crippen molar-refractivity contribution in [3.63, 3.8) is 0 Å². The topological polar surface area (TPSA) is 63.1 Å². The number of aryl methyl sites for hydroxylation is 4. The number of hydrogen-bond acceptors (Lipinski definition) is 5. The maximum absolute atomic E-state index is 12.0. The van der Waals surface area contributed by atoms with Crippen molar-refractivity contribution < 1.29 is 9.90 Å². The summed E-state index contributed by atoms with van der Waals surface area (Å²) in [6.45, 7) is 6.23. The number of aromatic nitrogens is 2. The zero-order valence-corrected chi connectivity index (χ0v) is 19.4. The molecular weight excluding hydrogens is 424 g/mol. The van der Waals surface area contributed by atoms with E-state index in [9.17, 15) is 9.90 Å². The zero-order valence-electron chi connectivity index (χ0n) is 17.8. The first-order valence-electron chi connectivity index (χ1n) is 10.2. The van der Waals surface area contributed by atoms with Gasteiger partial charge < -0.3 is 5.11 Å². The second-order valence-corrected chi connectivity index (χ2v) is 9.85. The Balaban J connectivity index is 1.65. The summed E-state index contributed by atoms with van der Waals surface area (Å²) >= 11 is 2.90. The number of nitrogens with zero attached hydrogens (tertiary/aromatic N) is 2. The number of carbonyl (C=O) groups is 1. The lowest BCUT2D eigenvalue weighted by molar-refractivity contribution is -0.136. The molecular formula is C25H24N2O2S2. The average Bonchev–Trinajstić information content (AvgIpc) is 3.17. The minimum absolute atomic E-state index is 0.539. The lowest BCUT2D eigenvalue weighted by atomic mass is 9.99. The van der Waals surface area contributed by atoms with Crippen LogP contribution in [0, 0.1) is 20.8 Å². The van der Waals surface area contributed by atoms with Gasteiger partial charge in [-0.1, -0.05) is 65.4 Å². The summed E-state index contributed by atoms with van der Waals surface area (Å²) in [7, 11) is 0. The van der Waals surface area contributed by atoms with E-state index in [1.54, 1.807) is 11.3 Å². The number of thiophene rings is 1. The summed E-state index contributed by atoms with van der Waals surface area (Å²) in [6.07, 6.45) is 2.79. The monoisotopic (exact) mass is 448 g/mol. The largest absolute Gasteiger partial charge is 0.480 e. The van der Waals surface area contributed by atoms with Crippen LogP contribution in [0.5, 0.6) is 0 Å². The molecule has 2 heterocycles. The third-order valence-corrected chi connectivity index (χ3v) is 7.49. The molecule has 1 unspecified atom stereocenters. The van der Waals surface area contributed by atoms with E-state index in [1.807, 2.05) is 6.92 Å². The van der Waals surface area contributed by atoms with E-state index in [1.165, 1.54) is 34.8 Å². The van der Waals surface area contributed by atoms with Gasteiger partial charge >= 0.3 is 5.97 Å². The van der Waals surface area contributed by atoms with Crippen molar-refractivity contribution in [1.82, 2.24) is 9.97 Å². The molecule has 0 aliphatic rings. The van der Waals surface area contributed by atoms with E-state index in [2.05, 4.69) is 71.7 Å². The number of fused-ring (bicyclic) bond motifs is 1. The third-order valence-electron chi connectivity index (χ3n) is 5.35. The van der Waals surface area contributed by atoms with Gasteiger partial charge in [0, 0.05) is 10.9 Å². The van der Waals surface area contributed by atoms with Gasteiger partial charge in [0.2, 0.25) is 0 Å². The van der Waals surface area contributed by atoms with Crippen LogP contribution in [0.25, 0.3) is 21.3 Å². The number of hydrogen-bond donors (Lipinski definition) is 1. The van der Waals surface area contributed by atoms with Crippen molar-refractivity contribution in [2.24, 2.45) is 0 Å². The highest BCUT2D eigenvalue weighted by molar-refractivity contribution is 8.00. The molecule has 4 rings (SSSR count). The molecule has 158 valence electrons. The fourth-order valence-corrected chi connectivity index (χ4v) is 5.68. The number of aliphatic carboxylic acids is 1. The van der Waals surface area contributed by atoms with E-state index < -0.39 is 11.2 Å². The van der Waals surface area contributed by atoms with Gasteiger partial charge in [-0.2, -0.15) is 0 Å². The molecule has 4 nitrogen and oxygen atoms in total. The summed E-state index contributed by atoms with van der Waals surface area (Å²) in [5.74, 6) is -0.813. The van der Waals surface area contributed by atoms with Crippen LogP contribution in [0.2, 0.25) is 0 Å². The molecule has 6 heteroatoms. The minimum Gasteiger partial charge on any atom is -0.480 e. The Labute approximate surface area is 190 Å². The number of benzene rings is 2. The third kappa shape index (κ3) is 4.81. The van der Waals surface area contributed by atoms with Gasteiger partial charge in [0.05, 0.1) is 5.39 Å². The van der Waals surface area contributed by atoms with Crippen molar-refractivity contribution in [1.29, 1.82) is 0 Å². The van der Waals surface area contributed by atoms with Crippen molar-refractivity contribution >= 4 is 39.3 Å². The molecule has 1 atom stereocenters. The van der Waals surface area contributed by atoms with Gasteiger partial charge in [-0.05, 0) is 50.3 Å². The van der Waals surface area contributed by atoms with Crippen LogP contribution in [0.1, 0.15) is 28.7 Å². The van der Waals surface area contributed by atoms with Crippen LogP contribution in [0.15, 0.2) is 59.2 Å². The summed E-state index contributed by atoms with van der Waals surface area (Å²) in [4.78, 5) is 21.9. The molecule has 2 aromatic heterocycles. The lowest BCUT2D eigenvalue weighted by Gasteiger charge is -2.13. The fraction of sp³-hybridized carbons (Fsp3) is 0.240. The van der Waals surface area contributed by atoms with Crippen molar-refractivity contribution in [3.8, 4) is 11.1 Å². The van der Waals surface area contributed by atoms with E-state index in [0.29, 0.717) is 12.8 Å². The van der Waals surface area contributed by atoms with Crippen LogP contribution >= 0.6 is 23.1 Å². The van der Waals surface area contributed by atoms with E-state index >= 15 is 0 Å². The highest BCUT2D eigenvalue weighted by atomic mass is 32.2. The van der Waals surface area contributed by atoms with E-state index in [-0.39, 0.29) is 0 Å². The molecule has 31 heavy (non-hydrogen) atoms. The molecule has 0 spiro atoms. The van der Waals surface area contributed by atoms with Gasteiger partial charge in [-0.25, -0.2) is 9.97 Å². The number of carboxylic acid groups (broad SMARTS) is 1. The van der Waals surface area contributed by atoms with Crippen LogP contribution in [0.3, 0.4) is 0 Å². The minimum atomic E-state index is -0.813. The molecule has 0 aliphatic heterocycles. The number of rotatable bonds is 7. The van der Waals surface area contributed by atoms with Crippen LogP contribution < -0.4 is 0 Å². The SMILES string of the molecule is Cc1ccc(CCC(Sc2ncnc3scc(-c4ccc(C)cc4C)c23)C(=O)O)cc1. The highest BCUT2D eigenvalue weighted by Gasteiger charge is 2.23. The Morgan fingerprint density at radius 3 is 2.48 bits per heavy atom. The first-order valence-corrected chi connectivity index (χ1v) is 11.9. The number of carboxylic acids is 1. The Bertz CT molecular complexity index is 1230. The molecule has 0 saturated heterocycles. The first kappa shape index (κ1) is 21.5. The predicted octanol–water partition coefficient (Wildman–Crippen LogP) is 6.46. The molecule has 1 N–H and O–H groups in total. The van der Waals surface area contributed by atoms with Crippen LogP contribution in [-0.2, 0) is 11.2 Å². The highest BCUT2D eigenvalue weighted by Crippen LogP contribution is 2.40. The molecule has 4 aromatic rings. The summed E-state index contributed by atoms with van der Waals surface area (Å²) in [6, 6.07) is 14.7. The molecule has 0 fully saturated rings. The van der Waals surface area contributed by atoms with E-state index in [4.69, 9.17) is 0 Å². The average molecular weight is 449 g/mol. The van der Waals surface area contributed by atoms with Gasteiger partial charge in [0.25, 0.3) is 0 Å². The van der Waals surface area contributed by atoms with E-state index in [0.717, 1.165) is 31.9 Å². The maximum Gasteiger partial charge on any atom is 0.317 e. The molecule has 0 aliphatic carbocycles. The van der Waals surface area contributed by atoms with Gasteiger partial charge in [0.1, 0.15) is 21.4 Å². The smallest absolute Gasteiger partial charge is 0.317 e. The van der Waals surface area contributed by atoms with Gasteiger partial charge in [-0.3, -0.25) is 4.79 Å². The molecule has 0 saturated carbocycles.